The molecule has 0 bridgehead atoms. The molecule has 0 fully saturated rings. The molecule has 11 heteroatoms. The lowest BCUT2D eigenvalue weighted by atomic mass is 9.94. The largest absolute Gasteiger partial charge is 0.497 e. The Morgan fingerprint density at radius 1 is 1.14 bits per heavy atom. The van der Waals surface area contributed by atoms with Gasteiger partial charge in [-0.05, 0) is 55.8 Å². The zero-order valence-corrected chi connectivity index (χ0v) is 21.3. The number of carbonyl (C=O) groups is 1. The molecule has 1 aliphatic rings. The Bertz CT molecular complexity index is 1530. The van der Waals surface area contributed by atoms with E-state index in [4.69, 9.17) is 14.2 Å². The molecular weight excluding hydrogens is 506 g/mol. The number of rotatable bonds is 8. The fraction of sp³-hybridized carbons (Fsp3) is 0.269. The second kappa shape index (κ2) is 11.0. The lowest BCUT2D eigenvalue weighted by Gasteiger charge is -2.26. The van der Waals surface area contributed by atoms with Crippen molar-refractivity contribution in [3.8, 4) is 17.2 Å². The van der Waals surface area contributed by atoms with E-state index in [0.717, 1.165) is 11.3 Å². The third kappa shape index (κ3) is 5.26. The Morgan fingerprint density at radius 3 is 2.46 bits per heavy atom. The lowest BCUT2D eigenvalue weighted by molar-refractivity contribution is -0.139. The van der Waals surface area contributed by atoms with E-state index in [-0.39, 0.29) is 23.5 Å². The predicted molar refractivity (Wildman–Crippen MR) is 133 cm³/mol. The normalized spacial score (nSPS) is 15.3. The van der Waals surface area contributed by atoms with Gasteiger partial charge < -0.3 is 18.9 Å². The van der Waals surface area contributed by atoms with Crippen molar-refractivity contribution in [1.82, 2.24) is 4.57 Å². The van der Waals surface area contributed by atoms with Crippen LogP contribution in [-0.4, -0.2) is 38.0 Å². The van der Waals surface area contributed by atoms with Gasteiger partial charge in [-0.1, -0.05) is 23.5 Å². The quantitative estimate of drug-likeness (QED) is 0.415. The number of hydrogen-bond acceptors (Lipinski definition) is 8. The van der Waals surface area contributed by atoms with E-state index < -0.39 is 18.6 Å². The van der Waals surface area contributed by atoms with Gasteiger partial charge in [0.05, 0.1) is 36.6 Å². The van der Waals surface area contributed by atoms with Gasteiger partial charge in [0.15, 0.2) is 4.80 Å². The van der Waals surface area contributed by atoms with Crippen LogP contribution in [-0.2, 0) is 9.53 Å². The molecule has 3 aromatic rings. The Morgan fingerprint density at radius 2 is 1.84 bits per heavy atom. The zero-order chi connectivity index (χ0) is 26.7. The van der Waals surface area contributed by atoms with E-state index in [1.165, 1.54) is 30.9 Å². The number of carbonyl (C=O) groups excluding carboxylic acids is 1. The molecule has 0 N–H and O–H groups in total. The second-order valence-electron chi connectivity index (χ2n) is 7.86. The summed E-state index contributed by atoms with van der Waals surface area (Å²) in [5, 5.41) is 0. The van der Waals surface area contributed by atoms with E-state index in [9.17, 15) is 18.4 Å². The molecule has 0 aliphatic carbocycles. The summed E-state index contributed by atoms with van der Waals surface area (Å²) >= 11 is 1.14. The van der Waals surface area contributed by atoms with Crippen molar-refractivity contribution in [1.29, 1.82) is 0 Å². The van der Waals surface area contributed by atoms with E-state index in [1.54, 1.807) is 50.3 Å². The molecule has 0 unspecified atom stereocenters. The molecule has 0 radical (unpaired) electrons. The number of fused-ring (bicyclic) bond motifs is 1. The summed E-state index contributed by atoms with van der Waals surface area (Å²) in [6, 6.07) is 10.1. The van der Waals surface area contributed by atoms with Crippen LogP contribution in [0.4, 0.5) is 8.78 Å². The highest BCUT2D eigenvalue weighted by molar-refractivity contribution is 7.07. The number of esters is 1. The fourth-order valence-corrected chi connectivity index (χ4v) is 5.08. The Balaban J connectivity index is 1.92. The molecule has 0 amide bonds. The van der Waals surface area contributed by atoms with Gasteiger partial charge in [0, 0.05) is 5.56 Å². The summed E-state index contributed by atoms with van der Waals surface area (Å²) in [6.45, 7) is 0.597. The molecule has 0 spiro atoms. The third-order valence-electron chi connectivity index (χ3n) is 5.65. The van der Waals surface area contributed by atoms with Gasteiger partial charge in [-0.2, -0.15) is 8.78 Å². The Kier molecular flexibility index (Phi) is 7.72. The third-order valence-corrected chi connectivity index (χ3v) is 6.63. The average molecular weight is 531 g/mol. The van der Waals surface area contributed by atoms with E-state index in [1.807, 2.05) is 0 Å². The van der Waals surface area contributed by atoms with Crippen molar-refractivity contribution in [3.63, 3.8) is 0 Å². The molecule has 1 aromatic heterocycles. The van der Waals surface area contributed by atoms with Gasteiger partial charge in [-0.25, -0.2) is 9.79 Å². The molecule has 8 nitrogen and oxygen atoms in total. The van der Waals surface area contributed by atoms with Crippen LogP contribution in [0.15, 0.2) is 63.5 Å². The molecular formula is C26H24F2N2O6S. The van der Waals surface area contributed by atoms with Crippen LogP contribution in [0.2, 0.25) is 0 Å². The van der Waals surface area contributed by atoms with Crippen molar-refractivity contribution in [2.45, 2.75) is 26.5 Å². The van der Waals surface area contributed by atoms with Gasteiger partial charge in [0.25, 0.3) is 5.56 Å². The molecule has 4 rings (SSSR count). The Labute approximate surface area is 214 Å². The molecule has 194 valence electrons. The number of methoxy groups -OCH3 is 2. The molecule has 0 saturated heterocycles. The topological polar surface area (TPSA) is 88.4 Å². The smallest absolute Gasteiger partial charge is 0.387 e. The van der Waals surface area contributed by atoms with Crippen LogP contribution >= 0.6 is 11.3 Å². The molecule has 2 aromatic carbocycles. The number of nitrogens with zero attached hydrogens (tertiary/aromatic N) is 2. The maximum atomic E-state index is 13.7. The lowest BCUT2D eigenvalue weighted by Crippen LogP contribution is -2.40. The van der Waals surface area contributed by atoms with E-state index >= 15 is 0 Å². The molecule has 1 atom stereocenters. The summed E-state index contributed by atoms with van der Waals surface area (Å²) in [4.78, 5) is 31.7. The number of thiazole rings is 1. The number of allylic oxidation sites excluding steroid dienone is 1. The number of aromatic nitrogens is 1. The number of alkyl halides is 2. The monoisotopic (exact) mass is 530 g/mol. The summed E-state index contributed by atoms with van der Waals surface area (Å²) in [6.07, 6.45) is 1.62. The predicted octanol–water partition coefficient (Wildman–Crippen LogP) is 3.42. The first-order valence-electron chi connectivity index (χ1n) is 11.2. The van der Waals surface area contributed by atoms with Crippen molar-refractivity contribution >= 4 is 23.4 Å². The van der Waals surface area contributed by atoms with E-state index in [0.29, 0.717) is 37.7 Å². The first-order valence-corrected chi connectivity index (χ1v) is 12.1. The second-order valence-corrected chi connectivity index (χ2v) is 8.87. The highest BCUT2D eigenvalue weighted by Gasteiger charge is 2.35. The minimum atomic E-state index is -2.93. The van der Waals surface area contributed by atoms with Crippen molar-refractivity contribution in [3.05, 3.63) is 84.5 Å². The number of ether oxygens (including phenoxy) is 4. The summed E-state index contributed by atoms with van der Waals surface area (Å²) in [7, 11) is 3.01. The maximum absolute atomic E-state index is 13.7. The average Bonchev–Trinajstić information content (AvgIpc) is 3.17. The highest BCUT2D eigenvalue weighted by Crippen LogP contribution is 2.37. The van der Waals surface area contributed by atoms with Crippen LogP contribution in [0.1, 0.15) is 31.0 Å². The fourth-order valence-electron chi connectivity index (χ4n) is 4.04. The summed E-state index contributed by atoms with van der Waals surface area (Å²) in [5.74, 6) is 0.379. The number of hydrogen-bond donors (Lipinski definition) is 0. The standard InChI is InChI=1S/C26H24F2N2O6S/c1-5-35-24(32)21-14(2)29-26-30(22(21)18-13-17(33-3)10-11-19(18)34-4)23(31)20(37-26)12-15-6-8-16(9-7-15)36-25(27)28/h6-13,22,25H,5H2,1-4H3/b20-12+/t22-/m1/s1. The molecule has 1 aliphatic heterocycles. The number of halogens is 2. The van der Waals surface area contributed by atoms with Crippen LogP contribution < -0.4 is 29.1 Å². The molecule has 37 heavy (non-hydrogen) atoms. The Hall–Kier alpha value is -3.99. The summed E-state index contributed by atoms with van der Waals surface area (Å²) in [5.41, 5.74) is 1.36. The van der Waals surface area contributed by atoms with Gasteiger partial charge in [0.1, 0.15) is 23.3 Å². The van der Waals surface area contributed by atoms with Crippen molar-refractivity contribution in [2.24, 2.45) is 4.99 Å². The van der Waals surface area contributed by atoms with Crippen LogP contribution in [0.3, 0.4) is 0 Å². The van der Waals surface area contributed by atoms with Crippen molar-refractivity contribution < 1.29 is 32.5 Å². The minimum absolute atomic E-state index is 0.00781. The van der Waals surface area contributed by atoms with Gasteiger partial charge in [0.2, 0.25) is 0 Å². The SMILES string of the molecule is CCOC(=O)C1=C(C)N=c2s/c(=C/c3ccc(OC(F)F)cc3)c(=O)n2[C@@H]1c1cc(OC)ccc1OC. The highest BCUT2D eigenvalue weighted by atomic mass is 32.1. The van der Waals surface area contributed by atoms with E-state index in [2.05, 4.69) is 9.73 Å². The van der Waals surface area contributed by atoms with Crippen LogP contribution in [0.5, 0.6) is 17.2 Å². The zero-order valence-electron chi connectivity index (χ0n) is 20.5. The first kappa shape index (κ1) is 26.1. The van der Waals surface area contributed by atoms with Gasteiger partial charge in [-0.15, -0.1) is 0 Å². The van der Waals surface area contributed by atoms with Gasteiger partial charge >= 0.3 is 12.6 Å². The molecule has 2 heterocycles. The van der Waals surface area contributed by atoms with Crippen LogP contribution in [0.25, 0.3) is 6.08 Å². The summed E-state index contributed by atoms with van der Waals surface area (Å²) < 4.78 is 47.4. The maximum Gasteiger partial charge on any atom is 0.387 e. The van der Waals surface area contributed by atoms with Crippen LogP contribution in [0, 0.1) is 0 Å². The van der Waals surface area contributed by atoms with Gasteiger partial charge in [-0.3, -0.25) is 9.36 Å². The number of benzene rings is 2. The molecule has 0 saturated carbocycles. The first-order chi connectivity index (χ1) is 17.8. The van der Waals surface area contributed by atoms with Crippen molar-refractivity contribution in [2.75, 3.05) is 20.8 Å². The minimum Gasteiger partial charge on any atom is -0.497 e.